The van der Waals surface area contributed by atoms with Crippen LogP contribution in [-0.4, -0.2) is 10.8 Å². The van der Waals surface area contributed by atoms with E-state index in [-0.39, 0.29) is 5.78 Å². The fourth-order valence-electron chi connectivity index (χ4n) is 2.14. The van der Waals surface area contributed by atoms with Gasteiger partial charge >= 0.3 is 0 Å². The number of rotatable bonds is 3. The Bertz CT molecular complexity index is 880. The summed E-state index contributed by atoms with van der Waals surface area (Å²) in [5, 5.41) is 6.98. The third-order valence-electron chi connectivity index (χ3n) is 3.38. The zero-order valence-corrected chi connectivity index (χ0v) is 15.7. The van der Waals surface area contributed by atoms with Crippen molar-refractivity contribution in [2.45, 2.75) is 4.90 Å². The number of ketones is 1. The van der Waals surface area contributed by atoms with Gasteiger partial charge in [-0.25, -0.2) is 4.98 Å². The van der Waals surface area contributed by atoms with Gasteiger partial charge in [0, 0.05) is 33.2 Å². The number of aromatic nitrogens is 1. The van der Waals surface area contributed by atoms with Crippen LogP contribution < -0.4 is 0 Å². The Morgan fingerprint density at radius 3 is 1.92 bits per heavy atom. The molecule has 0 aliphatic heterocycles. The van der Waals surface area contributed by atoms with E-state index >= 15 is 0 Å². The van der Waals surface area contributed by atoms with Crippen molar-refractivity contribution in [2.75, 3.05) is 0 Å². The zero-order chi connectivity index (χ0) is 17.5. The van der Waals surface area contributed by atoms with E-state index in [9.17, 15) is 4.79 Å². The molecule has 2 nitrogen and oxygen atoms in total. The number of carbonyl (C=O) groups is 1. The molecule has 0 N–H and O–H groups in total. The lowest BCUT2D eigenvalue weighted by Crippen LogP contribution is -2.00. The lowest BCUT2D eigenvalue weighted by atomic mass is 10.0. The quantitative estimate of drug-likeness (QED) is 0.344. The highest BCUT2D eigenvalue weighted by Gasteiger charge is 2.09. The molecule has 0 amide bonds. The van der Waals surface area contributed by atoms with Crippen LogP contribution in [-0.2, 0) is 0 Å². The molecule has 5 heteroatoms. The van der Waals surface area contributed by atoms with E-state index in [4.69, 9.17) is 0 Å². The molecule has 2 heterocycles. The topological polar surface area (TPSA) is 30.0 Å². The second-order valence-corrected chi connectivity index (χ2v) is 7.31. The molecular weight excluding hydrogens is 366 g/mol. The lowest BCUT2D eigenvalue weighted by Gasteiger charge is -2.03. The minimum absolute atomic E-state index is 0.0176. The minimum Gasteiger partial charge on any atom is -0.289 e. The Labute approximate surface area is 160 Å². The van der Waals surface area contributed by atoms with E-state index < -0.39 is 0 Å². The summed E-state index contributed by atoms with van der Waals surface area (Å²) < 4.78 is 0. The van der Waals surface area contributed by atoms with Crippen LogP contribution in [0.3, 0.4) is 0 Å². The van der Waals surface area contributed by atoms with Crippen molar-refractivity contribution in [3.63, 3.8) is 0 Å². The third kappa shape index (κ3) is 4.89. The van der Waals surface area contributed by atoms with Crippen molar-refractivity contribution in [1.29, 1.82) is 0 Å². The molecule has 0 spiro atoms. The zero-order valence-electron chi connectivity index (χ0n) is 13.2. The van der Waals surface area contributed by atoms with Crippen LogP contribution in [0.2, 0.25) is 0 Å². The van der Waals surface area contributed by atoms with Gasteiger partial charge in [-0.15, -0.1) is 24.0 Å². The molecule has 2 aromatic heterocycles. The number of thiazole rings is 1. The maximum atomic E-state index is 12.3. The maximum absolute atomic E-state index is 12.3. The van der Waals surface area contributed by atoms with Gasteiger partial charge in [-0.2, -0.15) is 11.3 Å². The summed E-state index contributed by atoms with van der Waals surface area (Å²) >= 11 is 7.51. The lowest BCUT2D eigenvalue weighted by molar-refractivity contribution is 0.103. The Kier molecular flexibility index (Phi) is 6.17. The van der Waals surface area contributed by atoms with Crippen LogP contribution in [0.5, 0.6) is 0 Å². The van der Waals surface area contributed by atoms with E-state index in [1.807, 2.05) is 64.7 Å². The van der Waals surface area contributed by atoms with Gasteiger partial charge in [-0.3, -0.25) is 4.79 Å². The van der Waals surface area contributed by atoms with Gasteiger partial charge in [-0.05, 0) is 35.0 Å². The first-order valence-corrected chi connectivity index (χ1v) is 9.82. The average molecular weight is 382 g/mol. The van der Waals surface area contributed by atoms with Crippen molar-refractivity contribution < 1.29 is 4.79 Å². The largest absolute Gasteiger partial charge is 0.289 e. The molecule has 0 aliphatic rings. The Morgan fingerprint density at radius 2 is 1.44 bits per heavy atom. The summed E-state index contributed by atoms with van der Waals surface area (Å²) in [5.74, 6) is 0.0176. The van der Waals surface area contributed by atoms with Crippen molar-refractivity contribution in [3.05, 3.63) is 94.1 Å². The SMILES string of the molecule is O=C(c1ccc(S)cc1)c1ccc(-c2nccs2)cc1.c1ccsc1. The minimum atomic E-state index is 0.0176. The Balaban J connectivity index is 0.000000314. The molecule has 4 rings (SSSR count). The van der Waals surface area contributed by atoms with Crippen molar-refractivity contribution >= 4 is 41.1 Å². The van der Waals surface area contributed by atoms with Gasteiger partial charge in [-0.1, -0.05) is 36.4 Å². The van der Waals surface area contributed by atoms with Crippen molar-refractivity contribution in [3.8, 4) is 10.6 Å². The Hall–Kier alpha value is -2.21. The summed E-state index contributed by atoms with van der Waals surface area (Å²) in [7, 11) is 0. The highest BCUT2D eigenvalue weighted by Crippen LogP contribution is 2.22. The molecule has 0 saturated carbocycles. The first-order chi connectivity index (χ1) is 12.2. The first-order valence-electron chi connectivity index (χ1n) is 7.55. The van der Waals surface area contributed by atoms with Gasteiger partial charge in [0.05, 0.1) is 0 Å². The molecule has 124 valence electrons. The molecule has 4 aromatic rings. The molecule has 2 aromatic carbocycles. The first kappa shape index (κ1) is 17.6. The second kappa shape index (κ2) is 8.76. The number of thiophene rings is 1. The van der Waals surface area contributed by atoms with Gasteiger partial charge in [0.2, 0.25) is 0 Å². The normalized spacial score (nSPS) is 9.96. The summed E-state index contributed by atoms with van der Waals surface area (Å²) in [4.78, 5) is 17.4. The van der Waals surface area contributed by atoms with Crippen LogP contribution in [0, 0.1) is 0 Å². The molecule has 25 heavy (non-hydrogen) atoms. The molecular formula is C20H15NOS3. The number of carbonyl (C=O) groups excluding carboxylic acids is 1. The Morgan fingerprint density at radius 1 is 0.840 bits per heavy atom. The monoisotopic (exact) mass is 381 g/mol. The van der Waals surface area contributed by atoms with Crippen molar-refractivity contribution in [1.82, 2.24) is 4.98 Å². The molecule has 0 atom stereocenters. The summed E-state index contributed by atoms with van der Waals surface area (Å²) in [6.45, 7) is 0. The number of hydrogen-bond acceptors (Lipinski definition) is 5. The van der Waals surface area contributed by atoms with E-state index in [1.165, 1.54) is 0 Å². The van der Waals surface area contributed by atoms with Gasteiger partial charge < -0.3 is 0 Å². The maximum Gasteiger partial charge on any atom is 0.193 e. The molecule has 0 saturated heterocycles. The predicted octanol–water partition coefficient (Wildman–Crippen LogP) is 6.08. The number of hydrogen-bond donors (Lipinski definition) is 1. The molecule has 0 bridgehead atoms. The third-order valence-corrected chi connectivity index (χ3v) is 5.13. The smallest absolute Gasteiger partial charge is 0.193 e. The summed E-state index contributed by atoms with van der Waals surface area (Å²) in [5.41, 5.74) is 2.38. The van der Waals surface area contributed by atoms with Crippen LogP contribution in [0.4, 0.5) is 0 Å². The predicted molar refractivity (Wildman–Crippen MR) is 109 cm³/mol. The van der Waals surface area contributed by atoms with E-state index in [0.29, 0.717) is 11.1 Å². The van der Waals surface area contributed by atoms with Crippen LogP contribution >= 0.6 is 35.3 Å². The standard InChI is InChI=1S/C16H11NOS2.C4H4S/c18-15(12-5-7-14(19)8-6-12)11-1-3-13(4-2-11)16-17-9-10-20-16;1-2-4-5-3-1/h1-10,19H;1-4H. The van der Waals surface area contributed by atoms with Crippen LogP contribution in [0.15, 0.2) is 87.9 Å². The van der Waals surface area contributed by atoms with Gasteiger partial charge in [0.1, 0.15) is 5.01 Å². The van der Waals surface area contributed by atoms with E-state index in [0.717, 1.165) is 15.5 Å². The molecule has 0 radical (unpaired) electrons. The van der Waals surface area contributed by atoms with Crippen molar-refractivity contribution in [2.24, 2.45) is 0 Å². The highest BCUT2D eigenvalue weighted by atomic mass is 32.1. The molecule has 0 fully saturated rings. The van der Waals surface area contributed by atoms with E-state index in [1.54, 1.807) is 41.0 Å². The molecule has 0 aliphatic carbocycles. The second-order valence-electron chi connectivity index (χ2n) is 5.08. The molecule has 0 unspecified atom stereocenters. The number of benzene rings is 2. The fraction of sp³-hybridized carbons (Fsp3) is 0. The van der Waals surface area contributed by atoms with Gasteiger partial charge in [0.15, 0.2) is 5.78 Å². The van der Waals surface area contributed by atoms with Crippen LogP contribution in [0.25, 0.3) is 10.6 Å². The van der Waals surface area contributed by atoms with Gasteiger partial charge in [0.25, 0.3) is 0 Å². The fourth-order valence-corrected chi connectivity index (χ4v) is 3.38. The van der Waals surface area contributed by atoms with Crippen LogP contribution in [0.1, 0.15) is 15.9 Å². The number of thiol groups is 1. The number of nitrogens with zero attached hydrogens (tertiary/aromatic N) is 1. The average Bonchev–Trinajstić information content (AvgIpc) is 3.38. The summed E-state index contributed by atoms with van der Waals surface area (Å²) in [6.07, 6.45) is 1.78. The highest BCUT2D eigenvalue weighted by molar-refractivity contribution is 7.80. The summed E-state index contributed by atoms with van der Waals surface area (Å²) in [6, 6.07) is 18.8. The van der Waals surface area contributed by atoms with E-state index in [2.05, 4.69) is 17.6 Å².